The number of rotatable bonds is 3. The molecule has 0 amide bonds. The summed E-state index contributed by atoms with van der Waals surface area (Å²) >= 11 is 6.91. The Morgan fingerprint density at radius 2 is 2.10 bits per heavy atom. The van der Waals surface area contributed by atoms with Gasteiger partial charge in [0, 0.05) is 17.3 Å². The molecule has 3 aliphatic heterocycles. The zero-order chi connectivity index (χ0) is 13.9. The molecule has 3 nitrogen and oxygen atoms in total. The number of hydrogen-bond donors (Lipinski definition) is 0. The van der Waals surface area contributed by atoms with E-state index in [0.29, 0.717) is 24.0 Å². The highest BCUT2D eigenvalue weighted by molar-refractivity contribution is 9.11. The molecule has 0 radical (unpaired) electrons. The number of halogens is 2. The van der Waals surface area contributed by atoms with E-state index in [4.69, 9.17) is 14.2 Å². The summed E-state index contributed by atoms with van der Waals surface area (Å²) in [5.74, 6) is 2.30. The number of ether oxygens (including phenoxy) is 3. The first-order valence-corrected chi connectivity index (χ1v) is 8.78. The van der Waals surface area contributed by atoms with E-state index in [-0.39, 0.29) is 18.3 Å². The van der Waals surface area contributed by atoms with Gasteiger partial charge in [0.25, 0.3) is 0 Å². The summed E-state index contributed by atoms with van der Waals surface area (Å²) < 4.78 is 18.9. The molecule has 1 saturated carbocycles. The molecule has 0 unspecified atom stereocenters. The van der Waals surface area contributed by atoms with Crippen LogP contribution in [0.2, 0.25) is 0 Å². The van der Waals surface area contributed by atoms with Gasteiger partial charge in [0.15, 0.2) is 0 Å². The van der Waals surface area contributed by atoms with Crippen LogP contribution in [0.3, 0.4) is 0 Å². The zero-order valence-electron chi connectivity index (χ0n) is 11.1. The Morgan fingerprint density at radius 1 is 1.30 bits per heavy atom. The number of hydrogen-bond acceptors (Lipinski definition) is 3. The van der Waals surface area contributed by atoms with Crippen LogP contribution in [0.5, 0.6) is 0 Å². The highest BCUT2D eigenvalue weighted by Gasteiger charge is 2.58. The van der Waals surface area contributed by atoms with Crippen molar-refractivity contribution in [3.63, 3.8) is 0 Å². The van der Waals surface area contributed by atoms with Crippen molar-refractivity contribution in [2.75, 3.05) is 0 Å². The summed E-state index contributed by atoms with van der Waals surface area (Å²) in [5, 5.41) is 0. The van der Waals surface area contributed by atoms with Gasteiger partial charge in [-0.25, -0.2) is 0 Å². The van der Waals surface area contributed by atoms with Gasteiger partial charge in [-0.2, -0.15) is 0 Å². The summed E-state index contributed by atoms with van der Waals surface area (Å²) in [6, 6.07) is 0. The van der Waals surface area contributed by atoms with E-state index in [0.717, 1.165) is 16.7 Å². The van der Waals surface area contributed by atoms with E-state index in [1.165, 1.54) is 6.42 Å². The topological polar surface area (TPSA) is 31.0 Å². The molecule has 1 aliphatic carbocycles. The zero-order valence-corrected chi connectivity index (χ0v) is 14.3. The molecule has 3 heterocycles. The molecule has 4 aliphatic rings. The van der Waals surface area contributed by atoms with E-state index < -0.39 is 0 Å². The molecular weight excluding hydrogens is 388 g/mol. The summed E-state index contributed by atoms with van der Waals surface area (Å²) in [5.41, 5.74) is 3.01. The van der Waals surface area contributed by atoms with Gasteiger partial charge >= 0.3 is 0 Å². The molecule has 108 valence electrons. The van der Waals surface area contributed by atoms with Crippen LogP contribution in [0, 0.1) is 11.8 Å². The lowest BCUT2D eigenvalue weighted by Gasteiger charge is -2.09. The molecule has 0 aromatic heterocycles. The minimum absolute atomic E-state index is 0.0576. The third-order valence-electron chi connectivity index (χ3n) is 4.59. The van der Waals surface area contributed by atoms with Crippen molar-refractivity contribution in [2.45, 2.75) is 50.3 Å². The Balaban J connectivity index is 1.44. The molecule has 2 saturated heterocycles. The number of allylic oxidation sites excluding steroid dienone is 1. The average Bonchev–Trinajstić information content (AvgIpc) is 3.28. The fraction of sp³-hybridized carbons (Fsp3) is 0.667. The summed E-state index contributed by atoms with van der Waals surface area (Å²) in [6.45, 7) is 2.14. The maximum Gasteiger partial charge on any atom is 0.132 e. The van der Waals surface area contributed by atoms with Crippen molar-refractivity contribution in [3.8, 4) is 0 Å². The molecule has 7 atom stereocenters. The maximum absolute atomic E-state index is 6.16. The van der Waals surface area contributed by atoms with Gasteiger partial charge in [-0.05, 0) is 41.3 Å². The third kappa shape index (κ3) is 2.24. The lowest BCUT2D eigenvalue weighted by Crippen LogP contribution is -2.16. The van der Waals surface area contributed by atoms with E-state index in [9.17, 15) is 0 Å². The molecule has 0 spiro atoms. The quantitative estimate of drug-likeness (QED) is 0.532. The molecule has 20 heavy (non-hydrogen) atoms. The van der Waals surface area contributed by atoms with Gasteiger partial charge in [-0.15, -0.1) is 5.73 Å². The third-order valence-corrected chi connectivity index (χ3v) is 5.70. The molecule has 3 fully saturated rings. The minimum atomic E-state index is 0.0576. The lowest BCUT2D eigenvalue weighted by molar-refractivity contribution is 0.0615. The predicted molar refractivity (Wildman–Crippen MR) is 81.6 cm³/mol. The first kappa shape index (κ1) is 13.6. The largest absolute Gasteiger partial charge is 0.490 e. The van der Waals surface area contributed by atoms with Gasteiger partial charge in [-0.3, -0.25) is 0 Å². The molecule has 0 bridgehead atoms. The van der Waals surface area contributed by atoms with E-state index in [2.05, 4.69) is 44.5 Å². The van der Waals surface area contributed by atoms with Crippen LogP contribution in [-0.4, -0.2) is 30.5 Å². The Morgan fingerprint density at radius 3 is 2.75 bits per heavy atom. The smallest absolute Gasteiger partial charge is 0.132 e. The maximum atomic E-state index is 6.16. The van der Waals surface area contributed by atoms with Crippen LogP contribution in [0.25, 0.3) is 0 Å². The normalized spacial score (nSPS) is 48.5. The fourth-order valence-corrected chi connectivity index (χ4v) is 4.37. The summed E-state index contributed by atoms with van der Waals surface area (Å²) in [7, 11) is 0. The second kappa shape index (κ2) is 4.99. The molecule has 5 heteroatoms. The van der Waals surface area contributed by atoms with Crippen molar-refractivity contribution >= 4 is 31.9 Å². The first-order chi connectivity index (χ1) is 9.69. The molecule has 0 aromatic rings. The lowest BCUT2D eigenvalue weighted by atomic mass is 10.1. The predicted octanol–water partition coefficient (Wildman–Crippen LogP) is 3.64. The van der Waals surface area contributed by atoms with Crippen molar-refractivity contribution in [2.24, 2.45) is 11.8 Å². The van der Waals surface area contributed by atoms with Crippen molar-refractivity contribution < 1.29 is 14.2 Å². The Labute approximate surface area is 135 Å². The molecule has 0 aromatic carbocycles. The highest BCUT2D eigenvalue weighted by atomic mass is 79.9. The standard InChI is InChI=1S/C15H16Br2O3/c1-7-13(18-7)9-6-10(9)14-12(17)15-11(20-14)5-8(19-15)3-2-4-16/h3-4,7-11,13,15H,5-6H2,1H3/t2?,7-,8+,9+,10-,11+,13-,15-/m0/s1. The van der Waals surface area contributed by atoms with Gasteiger partial charge in [0.05, 0.1) is 22.8 Å². The summed E-state index contributed by atoms with van der Waals surface area (Å²) in [6.07, 6.45) is 5.22. The van der Waals surface area contributed by atoms with Crippen LogP contribution >= 0.6 is 31.9 Å². The van der Waals surface area contributed by atoms with Gasteiger partial charge in [-0.1, -0.05) is 15.9 Å². The second-order valence-electron chi connectivity index (χ2n) is 5.95. The van der Waals surface area contributed by atoms with Crippen LogP contribution < -0.4 is 0 Å². The van der Waals surface area contributed by atoms with Crippen molar-refractivity contribution in [1.82, 2.24) is 0 Å². The number of epoxide rings is 1. The van der Waals surface area contributed by atoms with Crippen LogP contribution in [0.4, 0.5) is 0 Å². The molecule has 4 rings (SSSR count). The molecular formula is C15H16Br2O3. The molecule has 0 N–H and O–H groups in total. The SMILES string of the molecule is C[C@@H]1O[C@@H]1[C@@H]1C[C@@H]1C1=C(Br)[C@H]2O[C@H](C=C=CBr)C[C@H]2O1. The van der Waals surface area contributed by atoms with Crippen LogP contribution in [0.15, 0.2) is 27.0 Å². The Bertz CT molecular complexity index is 523. The monoisotopic (exact) mass is 402 g/mol. The van der Waals surface area contributed by atoms with Crippen molar-refractivity contribution in [3.05, 3.63) is 27.0 Å². The van der Waals surface area contributed by atoms with Crippen LogP contribution in [0.1, 0.15) is 19.8 Å². The van der Waals surface area contributed by atoms with Gasteiger partial charge in [0.1, 0.15) is 18.0 Å². The van der Waals surface area contributed by atoms with Gasteiger partial charge in [0.2, 0.25) is 0 Å². The van der Waals surface area contributed by atoms with Crippen LogP contribution in [-0.2, 0) is 14.2 Å². The fourth-order valence-electron chi connectivity index (χ4n) is 3.42. The number of fused-ring (bicyclic) bond motifs is 1. The average molecular weight is 404 g/mol. The minimum Gasteiger partial charge on any atom is -0.490 e. The first-order valence-electron chi connectivity index (χ1n) is 7.07. The Kier molecular flexibility index (Phi) is 3.39. The Hall–Kier alpha value is -0.0600. The highest BCUT2D eigenvalue weighted by Crippen LogP contribution is 2.57. The summed E-state index contributed by atoms with van der Waals surface area (Å²) in [4.78, 5) is 1.72. The van der Waals surface area contributed by atoms with E-state index in [1.54, 1.807) is 4.99 Å². The van der Waals surface area contributed by atoms with E-state index >= 15 is 0 Å². The second-order valence-corrected chi connectivity index (χ2v) is 7.27. The van der Waals surface area contributed by atoms with E-state index in [1.807, 2.05) is 6.08 Å². The van der Waals surface area contributed by atoms with Gasteiger partial charge < -0.3 is 14.2 Å². The van der Waals surface area contributed by atoms with Crippen molar-refractivity contribution in [1.29, 1.82) is 0 Å².